The van der Waals surface area contributed by atoms with E-state index in [4.69, 9.17) is 0 Å². The lowest BCUT2D eigenvalue weighted by atomic mass is 9.91. The molecule has 6 nitrogen and oxygen atoms in total. The summed E-state index contributed by atoms with van der Waals surface area (Å²) in [4.78, 5) is 25.5. The lowest BCUT2D eigenvalue weighted by Gasteiger charge is -2.26. The molecular weight excluding hydrogens is 468 g/mol. The number of hydrogen-bond acceptors (Lipinski definition) is 5. The normalized spacial score (nSPS) is 19.3. The molecule has 2 atom stereocenters. The molecule has 4 N–H and O–H groups in total. The van der Waals surface area contributed by atoms with Crippen molar-refractivity contribution >= 4 is 23.6 Å². The lowest BCUT2D eigenvalue weighted by Crippen LogP contribution is -2.52. The van der Waals surface area contributed by atoms with Gasteiger partial charge in [-0.05, 0) is 58.3 Å². The zero-order valence-corrected chi connectivity index (χ0v) is 24.5. The number of nitrogens with one attached hydrogen (secondary N) is 4. The summed E-state index contributed by atoms with van der Waals surface area (Å²) >= 11 is 1.76. The Hall–Kier alpha value is -2.15. The molecule has 0 fully saturated rings. The Kier molecular flexibility index (Phi) is 14.7. The molecule has 36 heavy (non-hydrogen) atoms. The number of hydrogen-bond donors (Lipinski definition) is 4. The van der Waals surface area contributed by atoms with E-state index >= 15 is 0 Å². The smallest absolute Gasteiger partial charge is 0.243 e. The Balaban J connectivity index is 2.62. The van der Waals surface area contributed by atoms with Gasteiger partial charge in [-0.1, -0.05) is 70.1 Å². The lowest BCUT2D eigenvalue weighted by molar-refractivity contribution is -0.130. The highest BCUT2D eigenvalue weighted by Gasteiger charge is 2.26. The second kappa shape index (κ2) is 16.6. The van der Waals surface area contributed by atoms with Gasteiger partial charge in [-0.3, -0.25) is 9.59 Å². The fourth-order valence-electron chi connectivity index (χ4n) is 3.76. The van der Waals surface area contributed by atoms with Crippen molar-refractivity contribution in [3.05, 3.63) is 47.3 Å². The molecule has 0 aliphatic carbocycles. The minimum absolute atomic E-state index is 0.0892. The van der Waals surface area contributed by atoms with Crippen molar-refractivity contribution in [3.63, 3.8) is 0 Å². The molecule has 2 unspecified atom stereocenters. The zero-order chi connectivity index (χ0) is 27.1. The fourth-order valence-corrected chi connectivity index (χ4v) is 4.73. The van der Waals surface area contributed by atoms with Gasteiger partial charge in [0.1, 0.15) is 6.04 Å². The SMILES string of the molecule is C=C1NN/C(CC/C=C(\C)CCC=C(C)C)=C\CSCC1NC(=O)C(CCC)NC(=O)CC(C)(C)C. The van der Waals surface area contributed by atoms with Gasteiger partial charge in [-0.25, -0.2) is 0 Å². The Morgan fingerprint density at radius 1 is 1.19 bits per heavy atom. The Morgan fingerprint density at radius 2 is 1.92 bits per heavy atom. The van der Waals surface area contributed by atoms with Gasteiger partial charge in [0.2, 0.25) is 11.8 Å². The maximum Gasteiger partial charge on any atom is 0.243 e. The summed E-state index contributed by atoms with van der Waals surface area (Å²) in [6.07, 6.45) is 12.7. The molecule has 0 spiro atoms. The largest absolute Gasteiger partial charge is 0.345 e. The quantitative estimate of drug-likeness (QED) is 0.242. The Labute approximate surface area is 224 Å². The highest BCUT2D eigenvalue weighted by molar-refractivity contribution is 7.99. The van der Waals surface area contributed by atoms with Gasteiger partial charge in [0, 0.05) is 29.3 Å². The summed E-state index contributed by atoms with van der Waals surface area (Å²) in [6.45, 7) is 18.7. The van der Waals surface area contributed by atoms with Crippen LogP contribution in [0, 0.1) is 5.41 Å². The van der Waals surface area contributed by atoms with E-state index in [9.17, 15) is 9.59 Å². The first-order valence-electron chi connectivity index (χ1n) is 13.3. The summed E-state index contributed by atoms with van der Waals surface area (Å²) < 4.78 is 0. The first kappa shape index (κ1) is 31.9. The van der Waals surface area contributed by atoms with Crippen LogP contribution < -0.4 is 21.5 Å². The monoisotopic (exact) mass is 518 g/mol. The van der Waals surface area contributed by atoms with Gasteiger partial charge in [0.25, 0.3) is 0 Å². The second-order valence-electron chi connectivity index (χ2n) is 11.2. The fraction of sp³-hybridized carbons (Fsp3) is 0.655. The van der Waals surface area contributed by atoms with Crippen LogP contribution in [0.25, 0.3) is 0 Å². The van der Waals surface area contributed by atoms with Crippen molar-refractivity contribution < 1.29 is 9.59 Å². The number of carbonyl (C=O) groups is 2. The molecule has 2 amide bonds. The summed E-state index contributed by atoms with van der Waals surface area (Å²) in [5.41, 5.74) is 11.0. The van der Waals surface area contributed by atoms with Crippen LogP contribution in [0.3, 0.4) is 0 Å². The third kappa shape index (κ3) is 14.4. The van der Waals surface area contributed by atoms with E-state index in [0.717, 1.165) is 43.6 Å². The van der Waals surface area contributed by atoms with E-state index in [1.54, 1.807) is 11.8 Å². The average molecular weight is 519 g/mol. The molecule has 1 heterocycles. The summed E-state index contributed by atoms with van der Waals surface area (Å²) in [5, 5.41) is 6.04. The average Bonchev–Trinajstić information content (AvgIpc) is 2.84. The van der Waals surface area contributed by atoms with E-state index in [2.05, 4.69) is 67.1 Å². The van der Waals surface area contributed by atoms with Crippen molar-refractivity contribution in [2.75, 3.05) is 11.5 Å². The van der Waals surface area contributed by atoms with Gasteiger partial charge in [0.15, 0.2) is 0 Å². The molecule has 7 heteroatoms. The molecule has 1 aliphatic heterocycles. The summed E-state index contributed by atoms with van der Waals surface area (Å²) in [6, 6.07) is -0.775. The molecular formula is C29H50N4O2S. The molecule has 0 bridgehead atoms. The van der Waals surface area contributed by atoms with Crippen molar-refractivity contribution in [2.24, 2.45) is 5.41 Å². The van der Waals surface area contributed by atoms with Crippen molar-refractivity contribution in [1.82, 2.24) is 21.5 Å². The van der Waals surface area contributed by atoms with Gasteiger partial charge in [-0.15, -0.1) is 0 Å². The van der Waals surface area contributed by atoms with Crippen LogP contribution >= 0.6 is 11.8 Å². The molecule has 1 rings (SSSR count). The second-order valence-corrected chi connectivity index (χ2v) is 12.2. The van der Waals surface area contributed by atoms with Crippen LogP contribution in [-0.2, 0) is 9.59 Å². The third-order valence-electron chi connectivity index (χ3n) is 5.77. The standard InChI is InChI=1S/C29H50N4O2S/c1-9-12-25(30-27(34)19-29(6,7)8)28(35)31-26-20-36-18-17-24(33-32-23(26)5)16-11-15-22(4)14-10-13-21(2)3/h13,15,17,25-26,32-33H,5,9-12,14,16,18-20H2,1-4,6-8H3,(H,30,34)(H,31,35)/b22-15+,24-17-. The topological polar surface area (TPSA) is 82.3 Å². The molecule has 0 aromatic carbocycles. The van der Waals surface area contributed by atoms with Gasteiger partial charge in [0.05, 0.1) is 6.04 Å². The van der Waals surface area contributed by atoms with E-state index < -0.39 is 6.04 Å². The minimum atomic E-state index is -0.538. The van der Waals surface area contributed by atoms with Crippen LogP contribution in [0.4, 0.5) is 0 Å². The maximum absolute atomic E-state index is 13.1. The van der Waals surface area contributed by atoms with Crippen LogP contribution in [-0.4, -0.2) is 35.4 Å². The summed E-state index contributed by atoms with van der Waals surface area (Å²) in [7, 11) is 0. The molecule has 0 saturated carbocycles. The van der Waals surface area contributed by atoms with E-state index in [1.807, 2.05) is 27.7 Å². The van der Waals surface area contributed by atoms with Gasteiger partial charge < -0.3 is 21.5 Å². The first-order chi connectivity index (χ1) is 16.9. The number of thioether (sulfide) groups is 1. The molecule has 0 aromatic rings. The van der Waals surface area contributed by atoms with Crippen LogP contribution in [0.2, 0.25) is 0 Å². The van der Waals surface area contributed by atoms with Crippen molar-refractivity contribution in [3.8, 4) is 0 Å². The zero-order valence-electron chi connectivity index (χ0n) is 23.7. The summed E-state index contributed by atoms with van der Waals surface area (Å²) in [5.74, 6) is 1.32. The molecule has 0 saturated heterocycles. The van der Waals surface area contributed by atoms with Crippen LogP contribution in [0.15, 0.2) is 47.3 Å². The minimum Gasteiger partial charge on any atom is -0.345 e. The van der Waals surface area contributed by atoms with Crippen LogP contribution in [0.1, 0.15) is 93.4 Å². The molecule has 1 aliphatic rings. The number of rotatable bonds is 12. The van der Waals surface area contributed by atoms with E-state index in [0.29, 0.717) is 24.3 Å². The third-order valence-corrected chi connectivity index (χ3v) is 6.74. The van der Waals surface area contributed by atoms with Gasteiger partial charge >= 0.3 is 0 Å². The van der Waals surface area contributed by atoms with E-state index in [1.165, 1.54) is 11.1 Å². The molecule has 0 aromatic heterocycles. The Morgan fingerprint density at radius 3 is 2.56 bits per heavy atom. The predicted molar refractivity (Wildman–Crippen MR) is 155 cm³/mol. The predicted octanol–water partition coefficient (Wildman–Crippen LogP) is 5.90. The number of carbonyl (C=O) groups excluding carboxylic acids is 2. The highest BCUT2D eigenvalue weighted by atomic mass is 32.2. The maximum atomic E-state index is 13.1. The molecule has 204 valence electrons. The number of hydrazine groups is 1. The van der Waals surface area contributed by atoms with Crippen molar-refractivity contribution in [2.45, 2.75) is 105 Å². The van der Waals surface area contributed by atoms with Gasteiger partial charge in [-0.2, -0.15) is 11.8 Å². The first-order valence-corrected chi connectivity index (χ1v) is 14.4. The highest BCUT2D eigenvalue weighted by Crippen LogP contribution is 2.19. The van der Waals surface area contributed by atoms with Crippen LogP contribution in [0.5, 0.6) is 0 Å². The number of amides is 2. The molecule has 0 radical (unpaired) electrons. The Bertz CT molecular complexity index is 820. The van der Waals surface area contributed by atoms with Crippen molar-refractivity contribution in [1.29, 1.82) is 0 Å². The number of allylic oxidation sites excluding steroid dienone is 5. The van der Waals surface area contributed by atoms with E-state index in [-0.39, 0.29) is 23.3 Å².